The van der Waals surface area contributed by atoms with E-state index in [1.54, 1.807) is 24.3 Å². The zero-order valence-electron chi connectivity index (χ0n) is 17.2. The fourth-order valence-corrected chi connectivity index (χ4v) is 3.10. The molecule has 2 aromatic heterocycles. The number of hydrogen-bond acceptors (Lipinski definition) is 9. The number of benzene rings is 1. The number of aromatic nitrogens is 3. The normalized spacial score (nSPS) is 11.6. The molecule has 33 heavy (non-hydrogen) atoms. The summed E-state index contributed by atoms with van der Waals surface area (Å²) in [5.41, 5.74) is 0.520. The van der Waals surface area contributed by atoms with Crippen LogP contribution in [0.25, 0.3) is 0 Å². The van der Waals surface area contributed by atoms with Crippen molar-refractivity contribution in [2.75, 3.05) is 11.6 Å². The van der Waals surface area contributed by atoms with Crippen molar-refractivity contribution in [2.24, 2.45) is 0 Å². The van der Waals surface area contributed by atoms with Crippen LogP contribution in [-0.4, -0.2) is 37.3 Å². The van der Waals surface area contributed by atoms with Gasteiger partial charge in [-0.3, -0.25) is 10.4 Å². The van der Waals surface area contributed by atoms with Crippen LogP contribution in [0.15, 0.2) is 48.9 Å². The van der Waals surface area contributed by atoms with Crippen LogP contribution in [0, 0.1) is 0 Å². The van der Waals surface area contributed by atoms with Crippen LogP contribution in [0.1, 0.15) is 23.7 Å². The van der Waals surface area contributed by atoms with Crippen LogP contribution in [-0.2, 0) is 24.0 Å². The zero-order valence-corrected chi connectivity index (χ0v) is 18.0. The first kappa shape index (κ1) is 24.6. The molecule has 0 unspecified atom stereocenters. The van der Waals surface area contributed by atoms with Gasteiger partial charge < -0.3 is 4.74 Å². The van der Waals surface area contributed by atoms with E-state index in [0.29, 0.717) is 30.5 Å². The molecule has 0 fully saturated rings. The summed E-state index contributed by atoms with van der Waals surface area (Å²) in [6.07, 6.45) is -1.56. The Bertz CT molecular complexity index is 1050. The molecule has 0 atom stereocenters. The Balaban J connectivity index is 1.65. The van der Waals surface area contributed by atoms with E-state index in [4.69, 9.17) is 31.7 Å². The second kappa shape index (κ2) is 10.7. The summed E-state index contributed by atoms with van der Waals surface area (Å²) in [5.74, 6) is 0.554. The maximum absolute atomic E-state index is 12.6. The summed E-state index contributed by atoms with van der Waals surface area (Å²) in [6, 6.07) is 8.73. The van der Waals surface area contributed by atoms with Gasteiger partial charge in [0.1, 0.15) is 17.1 Å². The van der Waals surface area contributed by atoms with Crippen molar-refractivity contribution >= 4 is 17.4 Å². The molecular weight excluding hydrogens is 467 g/mol. The number of alkyl halides is 3. The van der Waals surface area contributed by atoms with E-state index < -0.39 is 17.1 Å². The number of rotatable bonds is 9. The Morgan fingerprint density at radius 2 is 1.76 bits per heavy atom. The fraction of sp³-hybridized carbons (Fsp3) is 0.250. The lowest BCUT2D eigenvalue weighted by Gasteiger charge is -2.24. The highest BCUT2D eigenvalue weighted by Crippen LogP contribution is 2.30. The third-order valence-electron chi connectivity index (χ3n) is 4.40. The summed E-state index contributed by atoms with van der Waals surface area (Å²) in [4.78, 5) is 16.6. The Hall–Kier alpha value is -3.03. The molecule has 3 rings (SSSR count). The third kappa shape index (κ3) is 6.73. The lowest BCUT2D eigenvalue weighted by atomic mass is 10.1. The molecule has 1 aromatic carbocycles. The van der Waals surface area contributed by atoms with Gasteiger partial charge in [0.05, 0.1) is 23.2 Å². The van der Waals surface area contributed by atoms with E-state index in [0.717, 1.165) is 22.8 Å². The van der Waals surface area contributed by atoms with Crippen LogP contribution in [0.4, 0.5) is 19.0 Å². The van der Waals surface area contributed by atoms with Gasteiger partial charge in [0.25, 0.3) is 0 Å². The Kier molecular flexibility index (Phi) is 8.00. The smallest absolute Gasteiger partial charge is 0.417 e. The SMILES string of the molecule is CCc1ncnc(N(CCc2ccc(Oc3ccc(C(F)(F)F)cn3)cc2)ON(O)O)c1Cl. The highest BCUT2D eigenvalue weighted by molar-refractivity contribution is 6.33. The van der Waals surface area contributed by atoms with Crippen molar-refractivity contribution in [3.05, 3.63) is 70.8 Å². The molecule has 0 spiro atoms. The van der Waals surface area contributed by atoms with Gasteiger partial charge in [-0.2, -0.15) is 13.2 Å². The van der Waals surface area contributed by atoms with Crippen molar-refractivity contribution < 1.29 is 33.3 Å². The Morgan fingerprint density at radius 1 is 1.03 bits per heavy atom. The Morgan fingerprint density at radius 3 is 2.33 bits per heavy atom. The van der Waals surface area contributed by atoms with Crippen molar-refractivity contribution in [3.8, 4) is 11.6 Å². The number of nitrogens with zero attached hydrogens (tertiary/aromatic N) is 5. The molecule has 9 nitrogen and oxygen atoms in total. The van der Waals surface area contributed by atoms with Gasteiger partial charge in [-0.25, -0.2) is 20.0 Å². The van der Waals surface area contributed by atoms with Gasteiger partial charge in [-0.15, -0.1) is 4.94 Å². The molecule has 0 aliphatic rings. The molecule has 3 aromatic rings. The summed E-state index contributed by atoms with van der Waals surface area (Å²) >= 11 is 6.29. The van der Waals surface area contributed by atoms with E-state index in [9.17, 15) is 13.2 Å². The maximum atomic E-state index is 12.6. The third-order valence-corrected chi connectivity index (χ3v) is 4.79. The number of hydroxylamine groups is 1. The second-order valence-electron chi connectivity index (χ2n) is 6.63. The molecule has 0 radical (unpaired) electrons. The quantitative estimate of drug-likeness (QED) is 0.410. The van der Waals surface area contributed by atoms with Crippen LogP contribution < -0.4 is 9.80 Å². The highest BCUT2D eigenvalue weighted by atomic mass is 35.5. The molecule has 2 N–H and O–H groups in total. The van der Waals surface area contributed by atoms with Crippen LogP contribution >= 0.6 is 11.6 Å². The number of ether oxygens (including phenoxy) is 1. The first-order valence-corrected chi connectivity index (χ1v) is 9.98. The van der Waals surface area contributed by atoms with Crippen LogP contribution in [0.2, 0.25) is 5.02 Å². The van der Waals surface area contributed by atoms with E-state index >= 15 is 0 Å². The van der Waals surface area contributed by atoms with E-state index in [1.165, 1.54) is 6.33 Å². The van der Waals surface area contributed by atoms with Gasteiger partial charge in [-0.1, -0.05) is 30.7 Å². The van der Waals surface area contributed by atoms with Gasteiger partial charge in [0, 0.05) is 12.3 Å². The minimum absolute atomic E-state index is 0.0199. The monoisotopic (exact) mass is 485 g/mol. The van der Waals surface area contributed by atoms with Gasteiger partial charge in [0.2, 0.25) is 5.88 Å². The standard InChI is InChI=1S/C20H19ClF3N5O4/c1-2-16-18(21)19(27-12-26-16)28(33-29(30)31)10-9-13-3-6-15(7-4-13)32-17-8-5-14(11-25-17)20(22,23)24/h3-8,11-12,30-31H,2,9-10H2,1H3. The number of hydrogen-bond donors (Lipinski definition) is 2. The number of aryl methyl sites for hydroxylation is 1. The molecule has 13 heteroatoms. The lowest BCUT2D eigenvalue weighted by molar-refractivity contribution is -0.496. The average Bonchev–Trinajstić information content (AvgIpc) is 2.77. The fourth-order valence-electron chi connectivity index (χ4n) is 2.77. The van der Waals surface area contributed by atoms with Gasteiger partial charge >= 0.3 is 6.18 Å². The summed E-state index contributed by atoms with van der Waals surface area (Å²) in [5, 5.41) is 19.0. The van der Waals surface area contributed by atoms with Crippen molar-refractivity contribution in [3.63, 3.8) is 0 Å². The first-order chi connectivity index (χ1) is 15.7. The first-order valence-electron chi connectivity index (χ1n) is 9.60. The minimum atomic E-state index is -4.47. The summed E-state index contributed by atoms with van der Waals surface area (Å²) in [6.45, 7) is 2.00. The largest absolute Gasteiger partial charge is 0.439 e. The van der Waals surface area contributed by atoms with Gasteiger partial charge in [-0.05, 0) is 36.6 Å². The average molecular weight is 486 g/mol. The zero-order chi connectivity index (χ0) is 24.0. The van der Waals surface area contributed by atoms with Crippen molar-refractivity contribution in [1.29, 1.82) is 0 Å². The molecule has 0 amide bonds. The number of pyridine rings is 1. The van der Waals surface area contributed by atoms with Crippen LogP contribution in [0.5, 0.6) is 11.6 Å². The van der Waals surface area contributed by atoms with Crippen molar-refractivity contribution in [1.82, 2.24) is 20.3 Å². The summed E-state index contributed by atoms with van der Waals surface area (Å²) in [7, 11) is 0. The molecule has 0 bridgehead atoms. The molecule has 176 valence electrons. The van der Waals surface area contributed by atoms with E-state index in [1.807, 2.05) is 6.92 Å². The number of anilines is 1. The van der Waals surface area contributed by atoms with E-state index in [-0.39, 0.29) is 23.3 Å². The predicted octanol–water partition coefficient (Wildman–Crippen LogP) is 4.87. The molecule has 0 aliphatic carbocycles. The highest BCUT2D eigenvalue weighted by Gasteiger charge is 2.30. The van der Waals surface area contributed by atoms with E-state index in [2.05, 4.69) is 15.0 Å². The molecular formula is C20H19ClF3N5O4. The Labute approximate surface area is 191 Å². The molecule has 0 aliphatic heterocycles. The van der Waals surface area contributed by atoms with Gasteiger partial charge in [0.15, 0.2) is 5.82 Å². The van der Waals surface area contributed by atoms with Crippen molar-refractivity contribution in [2.45, 2.75) is 25.9 Å². The number of halogens is 4. The predicted molar refractivity (Wildman–Crippen MR) is 110 cm³/mol. The second-order valence-corrected chi connectivity index (χ2v) is 7.00. The topological polar surface area (TPSA) is 104 Å². The van der Waals surface area contributed by atoms with Crippen LogP contribution in [0.3, 0.4) is 0 Å². The maximum Gasteiger partial charge on any atom is 0.417 e. The molecule has 2 heterocycles. The molecule has 0 saturated carbocycles. The minimum Gasteiger partial charge on any atom is -0.439 e. The molecule has 0 saturated heterocycles. The lowest BCUT2D eigenvalue weighted by Crippen LogP contribution is -2.34. The summed E-state index contributed by atoms with van der Waals surface area (Å²) < 4.78 is 43.3.